The summed E-state index contributed by atoms with van der Waals surface area (Å²) >= 11 is 0. The fourth-order valence-electron chi connectivity index (χ4n) is 3.08. The molecule has 1 saturated heterocycles. The number of likely N-dealkylation sites (tertiary alicyclic amines) is 1. The van der Waals surface area contributed by atoms with Crippen LogP contribution in [0.5, 0.6) is 0 Å². The molecule has 1 aromatic carbocycles. The number of nitrogens with zero attached hydrogens (tertiary/aromatic N) is 1. The van der Waals surface area contributed by atoms with E-state index in [2.05, 4.69) is 5.32 Å². The fraction of sp³-hybridized carbons (Fsp3) is 0.556. The van der Waals surface area contributed by atoms with Crippen molar-refractivity contribution >= 4 is 11.8 Å². The lowest BCUT2D eigenvalue weighted by molar-refractivity contribution is -0.133. The van der Waals surface area contributed by atoms with Crippen molar-refractivity contribution in [2.24, 2.45) is 11.8 Å². The van der Waals surface area contributed by atoms with Crippen molar-refractivity contribution in [2.45, 2.75) is 39.7 Å². The molecule has 1 aliphatic rings. The molecule has 5 heteroatoms. The first kappa shape index (κ1) is 17.4. The monoisotopic (exact) mass is 320 g/mol. The van der Waals surface area contributed by atoms with Gasteiger partial charge in [0.2, 0.25) is 11.8 Å². The molecule has 1 heterocycles. The van der Waals surface area contributed by atoms with Crippen LogP contribution in [0.25, 0.3) is 0 Å². The van der Waals surface area contributed by atoms with Crippen LogP contribution >= 0.6 is 0 Å². The molecule has 0 aromatic heterocycles. The number of hydrogen-bond donors (Lipinski definition) is 1. The van der Waals surface area contributed by atoms with Crippen molar-refractivity contribution in [3.05, 3.63) is 35.6 Å². The Morgan fingerprint density at radius 2 is 1.91 bits per heavy atom. The predicted molar refractivity (Wildman–Crippen MR) is 87.3 cm³/mol. The predicted octanol–water partition coefficient (Wildman–Crippen LogP) is 2.55. The van der Waals surface area contributed by atoms with Crippen LogP contribution in [0.4, 0.5) is 4.39 Å². The van der Waals surface area contributed by atoms with Gasteiger partial charge >= 0.3 is 0 Å². The van der Waals surface area contributed by atoms with Gasteiger partial charge in [0.15, 0.2) is 0 Å². The first-order chi connectivity index (χ1) is 10.8. The Labute approximate surface area is 137 Å². The summed E-state index contributed by atoms with van der Waals surface area (Å²) in [6.45, 7) is 8.34. The summed E-state index contributed by atoms with van der Waals surface area (Å²) in [5, 5.41) is 2.92. The average molecular weight is 320 g/mol. The number of rotatable bonds is 4. The van der Waals surface area contributed by atoms with Crippen molar-refractivity contribution in [3.8, 4) is 0 Å². The number of nitrogens with one attached hydrogen (secondary N) is 1. The second-order valence-electron chi connectivity index (χ2n) is 6.83. The third-order valence-corrected chi connectivity index (χ3v) is 4.17. The Kier molecular flexibility index (Phi) is 5.39. The van der Waals surface area contributed by atoms with E-state index in [1.807, 2.05) is 33.8 Å². The molecule has 1 aliphatic heterocycles. The number of carbonyl (C=O) groups is 2. The minimum Gasteiger partial charge on any atom is -0.354 e. The van der Waals surface area contributed by atoms with Crippen molar-refractivity contribution in [1.29, 1.82) is 0 Å². The van der Waals surface area contributed by atoms with Crippen LogP contribution in [0.2, 0.25) is 0 Å². The highest BCUT2D eigenvalue weighted by Crippen LogP contribution is 2.34. The topological polar surface area (TPSA) is 49.4 Å². The summed E-state index contributed by atoms with van der Waals surface area (Å²) in [4.78, 5) is 26.5. The molecule has 1 N–H and O–H groups in total. The molecule has 1 aromatic rings. The lowest BCUT2D eigenvalue weighted by Crippen LogP contribution is -2.39. The van der Waals surface area contributed by atoms with E-state index in [1.165, 1.54) is 12.1 Å². The van der Waals surface area contributed by atoms with E-state index in [-0.39, 0.29) is 41.4 Å². The lowest BCUT2D eigenvalue weighted by Gasteiger charge is -2.19. The van der Waals surface area contributed by atoms with Crippen LogP contribution in [0, 0.1) is 17.7 Å². The van der Waals surface area contributed by atoms with E-state index >= 15 is 0 Å². The van der Waals surface area contributed by atoms with Crippen molar-refractivity contribution in [2.75, 3.05) is 13.1 Å². The molecule has 2 amide bonds. The minimum atomic E-state index is -0.345. The maximum absolute atomic E-state index is 13.6. The molecule has 2 atom stereocenters. The molecule has 0 aliphatic carbocycles. The molecule has 4 nitrogen and oxygen atoms in total. The van der Waals surface area contributed by atoms with Crippen LogP contribution < -0.4 is 5.32 Å². The van der Waals surface area contributed by atoms with Gasteiger partial charge in [-0.25, -0.2) is 4.39 Å². The number of benzene rings is 1. The minimum absolute atomic E-state index is 0.0329. The van der Waals surface area contributed by atoms with Gasteiger partial charge in [0.05, 0.1) is 5.92 Å². The van der Waals surface area contributed by atoms with Gasteiger partial charge in [0.25, 0.3) is 0 Å². The van der Waals surface area contributed by atoms with Crippen LogP contribution in [0.15, 0.2) is 24.3 Å². The molecule has 23 heavy (non-hydrogen) atoms. The second kappa shape index (κ2) is 7.11. The van der Waals surface area contributed by atoms with Crippen LogP contribution in [0.1, 0.15) is 39.2 Å². The summed E-state index contributed by atoms with van der Waals surface area (Å²) in [5.41, 5.74) is 0.771. The Balaban J connectivity index is 2.27. The fourth-order valence-corrected chi connectivity index (χ4v) is 3.08. The standard InChI is InChI=1S/C18H25FN2O2/c1-11(2)18(23)21-9-15(13-6-5-7-14(19)8-13)16(10-21)17(22)20-12(3)4/h5-8,11-12,15-16H,9-10H2,1-4H3,(H,20,22)/t15-,16+/m0/s1. The van der Waals surface area contributed by atoms with Gasteiger partial charge in [-0.05, 0) is 31.5 Å². The zero-order chi connectivity index (χ0) is 17.1. The molecular formula is C18H25FN2O2. The molecule has 0 bridgehead atoms. The number of halogens is 1. The number of carbonyl (C=O) groups excluding carboxylic acids is 2. The Bertz CT molecular complexity index is 586. The van der Waals surface area contributed by atoms with Crippen LogP contribution in [-0.2, 0) is 9.59 Å². The van der Waals surface area contributed by atoms with Crippen molar-refractivity contribution in [1.82, 2.24) is 10.2 Å². The lowest BCUT2D eigenvalue weighted by atomic mass is 9.88. The molecule has 0 spiro atoms. The van der Waals surface area contributed by atoms with Gasteiger partial charge in [-0.3, -0.25) is 9.59 Å². The SMILES string of the molecule is CC(C)NC(=O)[C@@H]1CN(C(=O)C(C)C)C[C@H]1c1cccc(F)c1. The largest absolute Gasteiger partial charge is 0.354 e. The Morgan fingerprint density at radius 1 is 1.22 bits per heavy atom. The van der Waals surface area contributed by atoms with E-state index in [0.717, 1.165) is 5.56 Å². The van der Waals surface area contributed by atoms with Gasteiger partial charge < -0.3 is 10.2 Å². The first-order valence-electron chi connectivity index (χ1n) is 8.14. The van der Waals surface area contributed by atoms with E-state index in [1.54, 1.807) is 11.0 Å². The van der Waals surface area contributed by atoms with E-state index in [9.17, 15) is 14.0 Å². The summed E-state index contributed by atoms with van der Waals surface area (Å²) in [6.07, 6.45) is 0. The highest BCUT2D eigenvalue weighted by atomic mass is 19.1. The Morgan fingerprint density at radius 3 is 2.48 bits per heavy atom. The molecule has 0 saturated carbocycles. The molecular weight excluding hydrogens is 295 g/mol. The maximum Gasteiger partial charge on any atom is 0.225 e. The van der Waals surface area contributed by atoms with Crippen molar-refractivity contribution in [3.63, 3.8) is 0 Å². The molecule has 2 rings (SSSR count). The third kappa shape index (κ3) is 4.09. The quantitative estimate of drug-likeness (QED) is 0.927. The summed E-state index contributed by atoms with van der Waals surface area (Å²) in [7, 11) is 0. The van der Waals surface area contributed by atoms with Crippen LogP contribution in [-0.4, -0.2) is 35.8 Å². The first-order valence-corrected chi connectivity index (χ1v) is 8.14. The zero-order valence-electron chi connectivity index (χ0n) is 14.2. The smallest absolute Gasteiger partial charge is 0.225 e. The normalized spacial score (nSPS) is 21.1. The Hall–Kier alpha value is -1.91. The molecule has 126 valence electrons. The number of amides is 2. The van der Waals surface area contributed by atoms with Crippen molar-refractivity contribution < 1.29 is 14.0 Å². The highest BCUT2D eigenvalue weighted by molar-refractivity contribution is 5.84. The van der Waals surface area contributed by atoms with E-state index in [0.29, 0.717) is 13.1 Å². The van der Waals surface area contributed by atoms with Gasteiger partial charge in [-0.2, -0.15) is 0 Å². The van der Waals surface area contributed by atoms with E-state index in [4.69, 9.17) is 0 Å². The molecule has 0 radical (unpaired) electrons. The van der Waals surface area contributed by atoms with Gasteiger partial charge in [-0.1, -0.05) is 26.0 Å². The summed E-state index contributed by atoms with van der Waals surface area (Å²) in [6, 6.07) is 6.36. The van der Waals surface area contributed by atoms with E-state index < -0.39 is 0 Å². The highest BCUT2D eigenvalue weighted by Gasteiger charge is 2.40. The number of hydrogen-bond acceptors (Lipinski definition) is 2. The van der Waals surface area contributed by atoms with Gasteiger partial charge in [0.1, 0.15) is 5.82 Å². The van der Waals surface area contributed by atoms with Crippen LogP contribution in [0.3, 0.4) is 0 Å². The van der Waals surface area contributed by atoms with Gasteiger partial charge in [-0.15, -0.1) is 0 Å². The molecule has 0 unspecified atom stereocenters. The summed E-state index contributed by atoms with van der Waals surface area (Å²) in [5.74, 6) is -0.997. The molecule has 1 fully saturated rings. The summed E-state index contributed by atoms with van der Waals surface area (Å²) < 4.78 is 13.6. The average Bonchev–Trinajstić information content (AvgIpc) is 2.90. The maximum atomic E-state index is 13.6. The van der Waals surface area contributed by atoms with Gasteiger partial charge in [0, 0.05) is 31.0 Å². The second-order valence-corrected chi connectivity index (χ2v) is 6.83. The zero-order valence-corrected chi connectivity index (χ0v) is 14.2. The third-order valence-electron chi connectivity index (χ3n) is 4.17.